The summed E-state index contributed by atoms with van der Waals surface area (Å²) >= 11 is 6.06. The number of nitriles is 1. The average Bonchev–Trinajstić information content (AvgIpc) is 2.63. The lowest BCUT2D eigenvalue weighted by atomic mass is 10.2. The molecule has 0 radical (unpaired) electrons. The van der Waals surface area contributed by atoms with E-state index < -0.39 is 5.91 Å². The largest absolute Gasteiger partial charge is 0.484 e. The van der Waals surface area contributed by atoms with Crippen molar-refractivity contribution in [2.45, 2.75) is 13.3 Å². The summed E-state index contributed by atoms with van der Waals surface area (Å²) in [7, 11) is 0. The number of nitrogens with one attached hydrogen (secondary N) is 2. The number of amides is 2. The molecule has 0 heterocycles. The van der Waals surface area contributed by atoms with Crippen molar-refractivity contribution in [3.05, 3.63) is 53.1 Å². The second kappa shape index (κ2) is 8.71. The third-order valence-electron chi connectivity index (χ3n) is 3.20. The van der Waals surface area contributed by atoms with Crippen LogP contribution in [-0.4, -0.2) is 18.4 Å². The molecule has 128 valence electrons. The number of hydrogen-bond donors (Lipinski definition) is 2. The second-order valence-electron chi connectivity index (χ2n) is 5.07. The Morgan fingerprint density at radius 2 is 1.84 bits per heavy atom. The first-order chi connectivity index (χ1) is 12.0. The third-order valence-corrected chi connectivity index (χ3v) is 3.53. The van der Waals surface area contributed by atoms with Crippen LogP contribution in [-0.2, 0) is 9.59 Å². The fraction of sp³-hybridized carbons (Fsp3) is 0.167. The smallest absolute Gasteiger partial charge is 0.262 e. The summed E-state index contributed by atoms with van der Waals surface area (Å²) in [4.78, 5) is 23.4. The fourth-order valence-corrected chi connectivity index (χ4v) is 2.07. The van der Waals surface area contributed by atoms with Crippen LogP contribution < -0.4 is 15.4 Å². The number of halogens is 1. The SMILES string of the molecule is CCC(=O)Nc1ccc(Cl)c(NC(=O)COc2ccc(C#N)cc2)c1. The lowest BCUT2D eigenvalue weighted by Gasteiger charge is -2.11. The van der Waals surface area contributed by atoms with Gasteiger partial charge in [-0.2, -0.15) is 5.26 Å². The van der Waals surface area contributed by atoms with Crippen LogP contribution in [0, 0.1) is 11.3 Å². The van der Waals surface area contributed by atoms with Crippen molar-refractivity contribution >= 4 is 34.8 Å². The molecule has 0 aliphatic carbocycles. The number of benzene rings is 2. The van der Waals surface area contributed by atoms with E-state index in [0.717, 1.165) is 0 Å². The first-order valence-corrected chi connectivity index (χ1v) is 7.92. The molecular formula is C18H16ClN3O3. The lowest BCUT2D eigenvalue weighted by molar-refractivity contribution is -0.118. The van der Waals surface area contributed by atoms with Gasteiger partial charge in [-0.1, -0.05) is 18.5 Å². The maximum Gasteiger partial charge on any atom is 0.262 e. The highest BCUT2D eigenvalue weighted by molar-refractivity contribution is 6.33. The van der Waals surface area contributed by atoms with Gasteiger partial charge in [0.05, 0.1) is 22.3 Å². The van der Waals surface area contributed by atoms with Crippen LogP contribution in [0.5, 0.6) is 5.75 Å². The molecule has 2 aromatic rings. The van der Waals surface area contributed by atoms with Gasteiger partial charge in [-0.3, -0.25) is 9.59 Å². The maximum atomic E-state index is 12.0. The fourth-order valence-electron chi connectivity index (χ4n) is 1.91. The highest BCUT2D eigenvalue weighted by Crippen LogP contribution is 2.25. The van der Waals surface area contributed by atoms with Crippen molar-refractivity contribution in [1.29, 1.82) is 5.26 Å². The van der Waals surface area contributed by atoms with Crippen LogP contribution in [0.3, 0.4) is 0 Å². The number of hydrogen-bond acceptors (Lipinski definition) is 4. The molecule has 2 N–H and O–H groups in total. The Bertz CT molecular complexity index is 813. The zero-order valence-electron chi connectivity index (χ0n) is 13.5. The van der Waals surface area contributed by atoms with E-state index in [1.54, 1.807) is 49.4 Å². The van der Waals surface area contributed by atoms with E-state index in [2.05, 4.69) is 10.6 Å². The van der Waals surface area contributed by atoms with Crippen LogP contribution in [0.15, 0.2) is 42.5 Å². The Hall–Kier alpha value is -3.04. The molecule has 25 heavy (non-hydrogen) atoms. The number of rotatable bonds is 6. The molecule has 6 nitrogen and oxygen atoms in total. The van der Waals surface area contributed by atoms with E-state index in [1.165, 1.54) is 0 Å². The van der Waals surface area contributed by atoms with Crippen molar-refractivity contribution in [2.75, 3.05) is 17.2 Å². The quantitative estimate of drug-likeness (QED) is 0.826. The molecule has 0 bridgehead atoms. The van der Waals surface area contributed by atoms with Gasteiger partial charge in [-0.05, 0) is 42.5 Å². The number of nitrogens with zero attached hydrogens (tertiary/aromatic N) is 1. The topological polar surface area (TPSA) is 91.2 Å². The standard InChI is InChI=1S/C18H16ClN3O3/c1-2-17(23)21-13-5-8-15(19)16(9-13)22-18(24)11-25-14-6-3-12(10-20)4-7-14/h3-9H,2,11H2,1H3,(H,21,23)(H,22,24). The van der Waals surface area contributed by atoms with Gasteiger partial charge in [0.25, 0.3) is 5.91 Å². The Morgan fingerprint density at radius 1 is 1.12 bits per heavy atom. The zero-order valence-corrected chi connectivity index (χ0v) is 14.3. The van der Waals surface area contributed by atoms with Gasteiger partial charge in [0.2, 0.25) is 5.91 Å². The normalized spacial score (nSPS) is 9.80. The summed E-state index contributed by atoms with van der Waals surface area (Å²) in [5.74, 6) is -0.0572. The molecular weight excluding hydrogens is 342 g/mol. The second-order valence-corrected chi connectivity index (χ2v) is 5.48. The molecule has 0 fully saturated rings. The Morgan fingerprint density at radius 3 is 2.48 bits per heavy atom. The molecule has 0 aromatic heterocycles. The van der Waals surface area contributed by atoms with E-state index in [9.17, 15) is 9.59 Å². The highest BCUT2D eigenvalue weighted by atomic mass is 35.5. The Labute approximate surface area is 150 Å². The van der Waals surface area contributed by atoms with Crippen molar-refractivity contribution < 1.29 is 14.3 Å². The summed E-state index contributed by atoms with van der Waals surface area (Å²) < 4.78 is 5.36. The van der Waals surface area contributed by atoms with E-state index in [1.807, 2.05) is 6.07 Å². The molecule has 7 heteroatoms. The molecule has 0 saturated heterocycles. The van der Waals surface area contributed by atoms with Gasteiger partial charge in [-0.15, -0.1) is 0 Å². The Kier molecular flexibility index (Phi) is 6.38. The third kappa shape index (κ3) is 5.52. The summed E-state index contributed by atoms with van der Waals surface area (Å²) in [6, 6.07) is 13.2. The highest BCUT2D eigenvalue weighted by Gasteiger charge is 2.09. The van der Waals surface area contributed by atoms with Gasteiger partial charge in [0, 0.05) is 12.1 Å². The van der Waals surface area contributed by atoms with Crippen molar-refractivity contribution in [1.82, 2.24) is 0 Å². The minimum atomic E-state index is -0.398. The van der Waals surface area contributed by atoms with Crippen molar-refractivity contribution in [2.24, 2.45) is 0 Å². The number of carbonyl (C=O) groups excluding carboxylic acids is 2. The molecule has 0 aliphatic heterocycles. The van der Waals surface area contributed by atoms with Gasteiger partial charge in [-0.25, -0.2) is 0 Å². The van der Waals surface area contributed by atoms with E-state index in [-0.39, 0.29) is 12.5 Å². The summed E-state index contributed by atoms with van der Waals surface area (Å²) in [5.41, 5.74) is 1.43. The van der Waals surface area contributed by atoms with E-state index >= 15 is 0 Å². The molecule has 0 unspecified atom stereocenters. The van der Waals surface area contributed by atoms with Gasteiger partial charge < -0.3 is 15.4 Å². The first-order valence-electron chi connectivity index (χ1n) is 7.54. The number of carbonyl (C=O) groups is 2. The molecule has 0 atom stereocenters. The van der Waals surface area contributed by atoms with E-state index in [4.69, 9.17) is 21.6 Å². The van der Waals surface area contributed by atoms with E-state index in [0.29, 0.717) is 34.1 Å². The zero-order chi connectivity index (χ0) is 18.2. The van der Waals surface area contributed by atoms with Crippen LogP contribution >= 0.6 is 11.6 Å². The lowest BCUT2D eigenvalue weighted by Crippen LogP contribution is -2.20. The van der Waals surface area contributed by atoms with Gasteiger partial charge in [0.15, 0.2) is 6.61 Å². The summed E-state index contributed by atoms with van der Waals surface area (Å²) in [6.07, 6.45) is 0.350. The molecule has 2 aromatic carbocycles. The van der Waals surface area contributed by atoms with Crippen LogP contribution in [0.25, 0.3) is 0 Å². The average molecular weight is 358 g/mol. The summed E-state index contributed by atoms with van der Waals surface area (Å²) in [6.45, 7) is 1.53. The van der Waals surface area contributed by atoms with Crippen LogP contribution in [0.4, 0.5) is 11.4 Å². The molecule has 0 spiro atoms. The number of ether oxygens (including phenoxy) is 1. The Balaban J connectivity index is 1.96. The van der Waals surface area contributed by atoms with Crippen molar-refractivity contribution in [3.8, 4) is 11.8 Å². The molecule has 0 saturated carbocycles. The molecule has 2 rings (SSSR count). The molecule has 0 aliphatic rings. The van der Waals surface area contributed by atoms with Gasteiger partial charge in [0.1, 0.15) is 5.75 Å². The summed E-state index contributed by atoms with van der Waals surface area (Å²) in [5, 5.41) is 14.4. The van der Waals surface area contributed by atoms with Crippen LogP contribution in [0.1, 0.15) is 18.9 Å². The minimum Gasteiger partial charge on any atom is -0.484 e. The first kappa shape index (κ1) is 18.3. The van der Waals surface area contributed by atoms with Gasteiger partial charge >= 0.3 is 0 Å². The minimum absolute atomic E-state index is 0.135. The number of anilines is 2. The molecule has 2 amide bonds. The monoisotopic (exact) mass is 357 g/mol. The van der Waals surface area contributed by atoms with Crippen LogP contribution in [0.2, 0.25) is 5.02 Å². The van der Waals surface area contributed by atoms with Crippen molar-refractivity contribution in [3.63, 3.8) is 0 Å². The maximum absolute atomic E-state index is 12.0. The predicted molar refractivity (Wildman–Crippen MR) is 95.7 cm³/mol. The predicted octanol–water partition coefficient (Wildman–Crippen LogP) is 3.58.